The molecule has 1 saturated heterocycles. The summed E-state index contributed by atoms with van der Waals surface area (Å²) < 4.78 is 1.20. The zero-order valence-electron chi connectivity index (χ0n) is 9.87. The molecule has 0 saturated carbocycles. The predicted molar refractivity (Wildman–Crippen MR) is 74.0 cm³/mol. The summed E-state index contributed by atoms with van der Waals surface area (Å²) in [4.78, 5) is 3.83. The molecule has 0 spiro atoms. The molecular weight excluding hydrogens is 284 g/mol. The third kappa shape index (κ3) is 3.29. The number of hydrogen-bond donors (Lipinski definition) is 1. The van der Waals surface area contributed by atoms with E-state index in [2.05, 4.69) is 51.6 Å². The van der Waals surface area contributed by atoms with Crippen molar-refractivity contribution in [1.29, 1.82) is 0 Å². The molecule has 2 atom stereocenters. The molecule has 1 aliphatic rings. The van der Waals surface area contributed by atoms with Crippen LogP contribution in [0.15, 0.2) is 15.9 Å². The van der Waals surface area contributed by atoms with Crippen LogP contribution in [0.2, 0.25) is 0 Å². The van der Waals surface area contributed by atoms with Crippen molar-refractivity contribution < 1.29 is 0 Å². The van der Waals surface area contributed by atoms with Gasteiger partial charge in [-0.05, 0) is 61.4 Å². The zero-order valence-corrected chi connectivity index (χ0v) is 12.3. The SMILES string of the molecule is CC(NCC1CCN(C)C1)c1cc(Br)cs1. The van der Waals surface area contributed by atoms with Gasteiger partial charge in [0.15, 0.2) is 0 Å². The molecule has 0 amide bonds. The first-order chi connectivity index (χ1) is 7.65. The Morgan fingerprint density at radius 3 is 3.06 bits per heavy atom. The lowest BCUT2D eigenvalue weighted by molar-refractivity contribution is 0.382. The van der Waals surface area contributed by atoms with Crippen LogP contribution in [0.3, 0.4) is 0 Å². The molecule has 1 aromatic heterocycles. The molecule has 2 nitrogen and oxygen atoms in total. The second kappa shape index (κ2) is 5.63. The van der Waals surface area contributed by atoms with Gasteiger partial charge in [0.1, 0.15) is 0 Å². The third-order valence-corrected chi connectivity index (χ3v) is 5.09. The van der Waals surface area contributed by atoms with Gasteiger partial charge in [0.05, 0.1) is 0 Å². The Bertz CT molecular complexity index is 340. The molecule has 1 fully saturated rings. The van der Waals surface area contributed by atoms with Gasteiger partial charge >= 0.3 is 0 Å². The van der Waals surface area contributed by atoms with Crippen LogP contribution >= 0.6 is 27.3 Å². The number of nitrogens with one attached hydrogen (secondary N) is 1. The summed E-state index contributed by atoms with van der Waals surface area (Å²) in [5.74, 6) is 0.829. The third-order valence-electron chi connectivity index (χ3n) is 3.22. The van der Waals surface area contributed by atoms with Crippen molar-refractivity contribution in [3.8, 4) is 0 Å². The first-order valence-corrected chi connectivity index (χ1v) is 7.48. The number of thiophene rings is 1. The monoisotopic (exact) mass is 302 g/mol. The van der Waals surface area contributed by atoms with E-state index in [4.69, 9.17) is 0 Å². The molecular formula is C12H19BrN2S. The van der Waals surface area contributed by atoms with E-state index < -0.39 is 0 Å². The summed E-state index contributed by atoms with van der Waals surface area (Å²) >= 11 is 5.32. The largest absolute Gasteiger partial charge is 0.309 e. The molecule has 2 heterocycles. The Labute approximate surface area is 110 Å². The summed E-state index contributed by atoms with van der Waals surface area (Å²) in [7, 11) is 2.21. The summed E-state index contributed by atoms with van der Waals surface area (Å²) in [6.07, 6.45) is 1.34. The molecule has 0 aliphatic carbocycles. The van der Waals surface area contributed by atoms with E-state index in [1.807, 2.05) is 11.3 Å². The molecule has 1 aliphatic heterocycles. The number of halogens is 1. The molecule has 0 radical (unpaired) electrons. The fourth-order valence-corrected chi connectivity index (χ4v) is 3.67. The standard InChI is InChI=1S/C12H19BrN2S/c1-9(12-5-11(13)8-16-12)14-6-10-3-4-15(2)7-10/h5,8-10,14H,3-4,6-7H2,1-2H3. The lowest BCUT2D eigenvalue weighted by Crippen LogP contribution is -2.27. The van der Waals surface area contributed by atoms with Crippen LogP contribution in [0.1, 0.15) is 24.3 Å². The number of nitrogens with zero attached hydrogens (tertiary/aromatic N) is 1. The van der Waals surface area contributed by atoms with E-state index >= 15 is 0 Å². The maximum atomic E-state index is 3.64. The zero-order chi connectivity index (χ0) is 11.5. The summed E-state index contributed by atoms with van der Waals surface area (Å²) in [6.45, 7) is 5.89. The minimum Gasteiger partial charge on any atom is -0.309 e. The Balaban J connectivity index is 1.77. The van der Waals surface area contributed by atoms with Crippen LogP contribution in [0.25, 0.3) is 0 Å². The number of rotatable bonds is 4. The Kier molecular flexibility index (Phi) is 4.41. The lowest BCUT2D eigenvalue weighted by atomic mass is 10.1. The fourth-order valence-electron chi connectivity index (χ4n) is 2.19. The van der Waals surface area contributed by atoms with E-state index in [9.17, 15) is 0 Å². The smallest absolute Gasteiger partial charge is 0.0386 e. The lowest BCUT2D eigenvalue weighted by Gasteiger charge is -2.16. The van der Waals surface area contributed by atoms with Gasteiger partial charge in [-0.2, -0.15) is 0 Å². The highest BCUT2D eigenvalue weighted by Gasteiger charge is 2.19. The van der Waals surface area contributed by atoms with Gasteiger partial charge in [0, 0.05) is 27.3 Å². The first kappa shape index (κ1) is 12.6. The first-order valence-electron chi connectivity index (χ1n) is 5.81. The minimum atomic E-state index is 0.474. The number of hydrogen-bond acceptors (Lipinski definition) is 3. The van der Waals surface area contributed by atoms with Crippen molar-refractivity contribution in [2.24, 2.45) is 5.92 Å². The number of likely N-dealkylation sites (tertiary alicyclic amines) is 1. The van der Waals surface area contributed by atoms with Gasteiger partial charge in [-0.3, -0.25) is 0 Å². The summed E-state index contributed by atoms with van der Waals surface area (Å²) in [6, 6.07) is 2.69. The van der Waals surface area contributed by atoms with Crippen molar-refractivity contribution in [2.75, 3.05) is 26.7 Å². The van der Waals surface area contributed by atoms with Gasteiger partial charge < -0.3 is 10.2 Å². The van der Waals surface area contributed by atoms with Gasteiger partial charge in [0.2, 0.25) is 0 Å². The van der Waals surface area contributed by atoms with Crippen molar-refractivity contribution in [3.05, 3.63) is 20.8 Å². The molecule has 90 valence electrons. The normalized spacial score (nSPS) is 23.8. The van der Waals surface area contributed by atoms with Gasteiger partial charge in [-0.1, -0.05) is 0 Å². The van der Waals surface area contributed by atoms with E-state index in [0.717, 1.165) is 12.5 Å². The molecule has 1 aromatic rings. The van der Waals surface area contributed by atoms with Gasteiger partial charge in [0.25, 0.3) is 0 Å². The minimum absolute atomic E-state index is 0.474. The van der Waals surface area contributed by atoms with Crippen LogP contribution in [0, 0.1) is 5.92 Å². The highest BCUT2D eigenvalue weighted by molar-refractivity contribution is 9.10. The van der Waals surface area contributed by atoms with E-state index in [1.165, 1.54) is 28.9 Å². The van der Waals surface area contributed by atoms with Gasteiger partial charge in [-0.15, -0.1) is 11.3 Å². The highest BCUT2D eigenvalue weighted by Crippen LogP contribution is 2.25. The molecule has 4 heteroatoms. The van der Waals surface area contributed by atoms with Crippen LogP contribution < -0.4 is 5.32 Å². The molecule has 0 aromatic carbocycles. The van der Waals surface area contributed by atoms with E-state index in [0.29, 0.717) is 6.04 Å². The maximum absolute atomic E-state index is 3.64. The highest BCUT2D eigenvalue weighted by atomic mass is 79.9. The van der Waals surface area contributed by atoms with Crippen LogP contribution in [-0.2, 0) is 0 Å². The molecule has 2 unspecified atom stereocenters. The quantitative estimate of drug-likeness (QED) is 0.919. The van der Waals surface area contributed by atoms with Crippen LogP contribution in [0.4, 0.5) is 0 Å². The van der Waals surface area contributed by atoms with Crippen molar-refractivity contribution in [3.63, 3.8) is 0 Å². The molecule has 0 bridgehead atoms. The fraction of sp³-hybridized carbons (Fsp3) is 0.667. The maximum Gasteiger partial charge on any atom is 0.0386 e. The predicted octanol–water partition coefficient (Wildman–Crippen LogP) is 3.11. The Morgan fingerprint density at radius 1 is 1.69 bits per heavy atom. The summed E-state index contributed by atoms with van der Waals surface area (Å²) in [5.41, 5.74) is 0. The Morgan fingerprint density at radius 2 is 2.50 bits per heavy atom. The van der Waals surface area contributed by atoms with Crippen molar-refractivity contribution in [2.45, 2.75) is 19.4 Å². The topological polar surface area (TPSA) is 15.3 Å². The molecule has 2 rings (SSSR count). The van der Waals surface area contributed by atoms with Crippen molar-refractivity contribution >= 4 is 27.3 Å². The average Bonchev–Trinajstić information content (AvgIpc) is 2.84. The van der Waals surface area contributed by atoms with Gasteiger partial charge in [-0.25, -0.2) is 0 Å². The molecule has 16 heavy (non-hydrogen) atoms. The second-order valence-electron chi connectivity index (χ2n) is 4.71. The van der Waals surface area contributed by atoms with Crippen LogP contribution in [-0.4, -0.2) is 31.6 Å². The average molecular weight is 303 g/mol. The Hall–Kier alpha value is 0.1000. The second-order valence-corrected chi connectivity index (χ2v) is 6.57. The van der Waals surface area contributed by atoms with E-state index in [1.54, 1.807) is 0 Å². The van der Waals surface area contributed by atoms with E-state index in [-0.39, 0.29) is 0 Å². The summed E-state index contributed by atoms with van der Waals surface area (Å²) in [5, 5.41) is 5.79. The van der Waals surface area contributed by atoms with Crippen molar-refractivity contribution in [1.82, 2.24) is 10.2 Å². The molecule has 1 N–H and O–H groups in total. The van der Waals surface area contributed by atoms with Crippen LogP contribution in [0.5, 0.6) is 0 Å².